The van der Waals surface area contributed by atoms with Crippen LogP contribution >= 0.6 is 11.3 Å². The summed E-state index contributed by atoms with van der Waals surface area (Å²) in [5.41, 5.74) is 3.76. The van der Waals surface area contributed by atoms with Gasteiger partial charge >= 0.3 is 0 Å². The van der Waals surface area contributed by atoms with Crippen LogP contribution in [0.4, 0.5) is 5.82 Å². The summed E-state index contributed by atoms with van der Waals surface area (Å²) in [6, 6.07) is 12.6. The largest absolute Gasteiger partial charge is 0.393 e. The molecular formula is C22H23N5OS. The molecule has 0 radical (unpaired) electrons. The smallest absolute Gasteiger partial charge is 0.154 e. The van der Waals surface area contributed by atoms with Crippen molar-refractivity contribution >= 4 is 22.8 Å². The quantitative estimate of drug-likeness (QED) is 0.521. The van der Waals surface area contributed by atoms with E-state index >= 15 is 0 Å². The van der Waals surface area contributed by atoms with E-state index < -0.39 is 0 Å². The predicted molar refractivity (Wildman–Crippen MR) is 116 cm³/mol. The van der Waals surface area contributed by atoms with Gasteiger partial charge in [-0.1, -0.05) is 0 Å². The van der Waals surface area contributed by atoms with Crippen LogP contribution < -0.4 is 5.32 Å². The first-order chi connectivity index (χ1) is 14.2. The molecule has 0 unspecified atom stereocenters. The molecule has 0 atom stereocenters. The van der Waals surface area contributed by atoms with E-state index in [4.69, 9.17) is 5.10 Å². The van der Waals surface area contributed by atoms with Gasteiger partial charge in [0, 0.05) is 22.7 Å². The Balaban J connectivity index is 1.46. The average Bonchev–Trinajstić information content (AvgIpc) is 3.36. The number of imidazole rings is 1. The van der Waals surface area contributed by atoms with Gasteiger partial charge in [-0.3, -0.25) is 4.98 Å². The number of nitrogens with one attached hydrogen (secondary N) is 1. The zero-order valence-corrected chi connectivity index (χ0v) is 17.1. The van der Waals surface area contributed by atoms with Gasteiger partial charge in [-0.2, -0.15) is 0 Å². The summed E-state index contributed by atoms with van der Waals surface area (Å²) in [5.74, 6) is 0.835. The van der Waals surface area contributed by atoms with E-state index in [1.165, 1.54) is 4.88 Å². The fourth-order valence-corrected chi connectivity index (χ4v) is 4.71. The second-order valence-electron chi connectivity index (χ2n) is 7.62. The minimum atomic E-state index is -0.156. The monoisotopic (exact) mass is 405 g/mol. The summed E-state index contributed by atoms with van der Waals surface area (Å²) in [4.78, 5) is 11.5. The molecule has 0 amide bonds. The number of aryl methyl sites for hydroxylation is 1. The lowest BCUT2D eigenvalue weighted by Gasteiger charge is -2.26. The molecule has 4 aromatic rings. The number of rotatable bonds is 4. The number of pyridine rings is 1. The van der Waals surface area contributed by atoms with E-state index in [9.17, 15) is 5.11 Å². The van der Waals surface area contributed by atoms with E-state index in [1.807, 2.05) is 35.1 Å². The molecule has 1 saturated carbocycles. The molecule has 0 aromatic carbocycles. The summed E-state index contributed by atoms with van der Waals surface area (Å²) >= 11 is 1.74. The van der Waals surface area contributed by atoms with E-state index in [2.05, 4.69) is 40.4 Å². The van der Waals surface area contributed by atoms with Crippen LogP contribution in [0, 0.1) is 6.92 Å². The first-order valence-corrected chi connectivity index (χ1v) is 10.8. The third-order valence-corrected chi connectivity index (χ3v) is 6.48. The van der Waals surface area contributed by atoms with Crippen LogP contribution in [0.3, 0.4) is 0 Å². The van der Waals surface area contributed by atoms with Gasteiger partial charge in [0.15, 0.2) is 5.65 Å². The Morgan fingerprint density at radius 1 is 1.07 bits per heavy atom. The maximum Gasteiger partial charge on any atom is 0.154 e. The number of nitrogens with zero attached hydrogens (tertiary/aromatic N) is 4. The zero-order valence-electron chi connectivity index (χ0n) is 16.2. The highest BCUT2D eigenvalue weighted by Gasteiger charge is 2.20. The Morgan fingerprint density at radius 2 is 1.93 bits per heavy atom. The molecule has 0 aliphatic heterocycles. The van der Waals surface area contributed by atoms with Crippen LogP contribution in [0.2, 0.25) is 0 Å². The Kier molecular flexibility index (Phi) is 4.77. The Hall–Kier alpha value is -2.77. The molecule has 2 N–H and O–H groups in total. The number of aliphatic hydroxyl groups is 1. The number of aliphatic hydroxyl groups excluding tert-OH is 1. The maximum absolute atomic E-state index is 9.71. The van der Waals surface area contributed by atoms with Gasteiger partial charge in [-0.25, -0.2) is 9.50 Å². The van der Waals surface area contributed by atoms with E-state index in [0.717, 1.165) is 59.0 Å². The molecule has 0 bridgehead atoms. The lowest BCUT2D eigenvalue weighted by atomic mass is 9.93. The molecule has 6 nitrogen and oxygen atoms in total. The second-order valence-corrected chi connectivity index (χ2v) is 8.91. The van der Waals surface area contributed by atoms with Crippen molar-refractivity contribution in [3.8, 4) is 21.8 Å². The number of hydrogen-bond donors (Lipinski definition) is 2. The van der Waals surface area contributed by atoms with Gasteiger partial charge in [-0.15, -0.1) is 16.4 Å². The molecule has 0 saturated heterocycles. The number of anilines is 1. The fourth-order valence-electron chi connectivity index (χ4n) is 3.87. The highest BCUT2D eigenvalue weighted by Crippen LogP contribution is 2.30. The molecule has 1 fully saturated rings. The van der Waals surface area contributed by atoms with Crippen molar-refractivity contribution in [1.29, 1.82) is 0 Å². The third kappa shape index (κ3) is 3.75. The van der Waals surface area contributed by atoms with Crippen LogP contribution in [0.25, 0.3) is 27.5 Å². The van der Waals surface area contributed by atoms with Crippen molar-refractivity contribution < 1.29 is 5.11 Å². The standard InChI is InChI=1S/C22H23N5OS/c1-14-2-7-20(29-14)18-12-15(10-11-23-18)19-13-24-22-9-8-21(26-27(19)22)25-16-3-5-17(28)6-4-16/h2,7-13,16-17,28H,3-6H2,1H3,(H,25,26). The molecular weight excluding hydrogens is 382 g/mol. The molecule has 1 aliphatic rings. The predicted octanol–water partition coefficient (Wildman–Crippen LogP) is 4.54. The van der Waals surface area contributed by atoms with Crippen molar-refractivity contribution in [2.75, 3.05) is 5.32 Å². The van der Waals surface area contributed by atoms with E-state index in [-0.39, 0.29) is 6.10 Å². The minimum Gasteiger partial charge on any atom is -0.393 e. The molecule has 148 valence electrons. The van der Waals surface area contributed by atoms with Crippen LogP contribution in [0.5, 0.6) is 0 Å². The summed E-state index contributed by atoms with van der Waals surface area (Å²) in [6.45, 7) is 2.11. The van der Waals surface area contributed by atoms with E-state index in [0.29, 0.717) is 6.04 Å². The van der Waals surface area contributed by atoms with Crippen LogP contribution in [0.15, 0.2) is 48.8 Å². The van der Waals surface area contributed by atoms with Gasteiger partial charge in [0.25, 0.3) is 0 Å². The Labute approximate surface area is 173 Å². The van der Waals surface area contributed by atoms with Crippen molar-refractivity contribution in [2.24, 2.45) is 0 Å². The minimum absolute atomic E-state index is 0.156. The molecule has 0 spiro atoms. The van der Waals surface area contributed by atoms with Crippen molar-refractivity contribution in [1.82, 2.24) is 19.6 Å². The lowest BCUT2D eigenvalue weighted by molar-refractivity contribution is 0.126. The second kappa shape index (κ2) is 7.57. The third-order valence-electron chi connectivity index (χ3n) is 5.46. The van der Waals surface area contributed by atoms with E-state index in [1.54, 1.807) is 11.3 Å². The van der Waals surface area contributed by atoms with Gasteiger partial charge in [0.2, 0.25) is 0 Å². The van der Waals surface area contributed by atoms with Crippen molar-refractivity contribution in [3.05, 3.63) is 53.7 Å². The van der Waals surface area contributed by atoms with Crippen LogP contribution in [-0.2, 0) is 0 Å². The summed E-state index contributed by atoms with van der Waals surface area (Å²) in [6.07, 6.45) is 7.17. The van der Waals surface area contributed by atoms with Crippen molar-refractivity contribution in [3.63, 3.8) is 0 Å². The summed E-state index contributed by atoms with van der Waals surface area (Å²) in [5, 5.41) is 18.0. The Bertz CT molecular complexity index is 1140. The number of thiophene rings is 1. The normalized spacial score (nSPS) is 19.5. The average molecular weight is 406 g/mol. The SMILES string of the molecule is Cc1ccc(-c2cc(-c3cnc4ccc(NC5CCC(O)CC5)nn34)ccn2)s1. The molecule has 1 aliphatic carbocycles. The maximum atomic E-state index is 9.71. The topological polar surface area (TPSA) is 75.3 Å². The zero-order chi connectivity index (χ0) is 19.8. The first kappa shape index (κ1) is 18.3. The van der Waals surface area contributed by atoms with Gasteiger partial charge in [0.1, 0.15) is 5.82 Å². The van der Waals surface area contributed by atoms with Crippen LogP contribution in [-0.4, -0.2) is 36.8 Å². The highest BCUT2D eigenvalue weighted by molar-refractivity contribution is 7.15. The number of hydrogen-bond acceptors (Lipinski definition) is 6. The van der Waals surface area contributed by atoms with Gasteiger partial charge in [0.05, 0.1) is 28.6 Å². The summed E-state index contributed by atoms with van der Waals surface area (Å²) < 4.78 is 1.89. The molecule has 29 heavy (non-hydrogen) atoms. The first-order valence-electron chi connectivity index (χ1n) is 9.98. The van der Waals surface area contributed by atoms with Crippen LogP contribution in [0.1, 0.15) is 30.6 Å². The number of aromatic nitrogens is 4. The fraction of sp³-hybridized carbons (Fsp3) is 0.318. The molecule has 4 heterocycles. The highest BCUT2D eigenvalue weighted by atomic mass is 32.1. The molecule has 5 rings (SSSR count). The number of fused-ring (bicyclic) bond motifs is 1. The summed E-state index contributed by atoms with van der Waals surface area (Å²) in [7, 11) is 0. The molecule has 4 aromatic heterocycles. The lowest BCUT2D eigenvalue weighted by Crippen LogP contribution is -2.28. The Morgan fingerprint density at radius 3 is 2.72 bits per heavy atom. The van der Waals surface area contributed by atoms with Gasteiger partial charge < -0.3 is 10.4 Å². The molecule has 7 heteroatoms. The van der Waals surface area contributed by atoms with Gasteiger partial charge in [-0.05, 0) is 69.0 Å². The van der Waals surface area contributed by atoms with Crippen molar-refractivity contribution in [2.45, 2.75) is 44.8 Å².